The average molecular weight is 782 g/mol. The fourth-order valence-corrected chi connectivity index (χ4v) is 9.89. The molecule has 1 atom stereocenters. The van der Waals surface area contributed by atoms with Gasteiger partial charge in [-0.2, -0.15) is 5.26 Å². The smallest absolute Gasteiger partial charge is 0.260 e. The number of carbonyl (C=O) groups excluding carboxylic acids is 5. The lowest BCUT2D eigenvalue weighted by molar-refractivity contribution is -0.137. The van der Waals surface area contributed by atoms with Gasteiger partial charge in [0.1, 0.15) is 11.8 Å². The van der Waals surface area contributed by atoms with Gasteiger partial charge < -0.3 is 24.4 Å². The summed E-state index contributed by atoms with van der Waals surface area (Å²) in [6.45, 7) is 11.1. The number of piperazine rings is 1. The Hall–Kier alpha value is -6.00. The maximum atomic E-state index is 14.1. The SMILES string of the molecule is CCc1cc2c(cc1N1CCC(N3CCN(C(=O)COc4cccc5c4CN(C4CCC(=O)NC4=O)C5=O)CC3)CC1)C(C)(C)c1[nH]c3cc(C#N)ccc3c1C2=O. The van der Waals surface area contributed by atoms with E-state index in [-0.39, 0.29) is 49.5 Å². The van der Waals surface area contributed by atoms with Gasteiger partial charge in [-0.15, -0.1) is 0 Å². The van der Waals surface area contributed by atoms with Gasteiger partial charge in [-0.3, -0.25) is 34.2 Å². The van der Waals surface area contributed by atoms with Gasteiger partial charge in [-0.1, -0.05) is 32.9 Å². The number of aromatic nitrogens is 1. The number of ketones is 1. The van der Waals surface area contributed by atoms with Gasteiger partial charge in [-0.05, 0) is 73.2 Å². The van der Waals surface area contributed by atoms with E-state index in [1.165, 1.54) is 16.2 Å². The Balaban J connectivity index is 0.810. The molecule has 13 heteroatoms. The first-order chi connectivity index (χ1) is 28.0. The minimum atomic E-state index is -0.718. The van der Waals surface area contributed by atoms with E-state index in [0.717, 1.165) is 73.2 Å². The van der Waals surface area contributed by atoms with Crippen LogP contribution in [0.2, 0.25) is 0 Å². The van der Waals surface area contributed by atoms with E-state index in [1.807, 2.05) is 17.0 Å². The summed E-state index contributed by atoms with van der Waals surface area (Å²) in [5, 5.41) is 12.7. The molecular weight excluding hydrogens is 735 g/mol. The lowest BCUT2D eigenvalue weighted by Gasteiger charge is -2.44. The third kappa shape index (κ3) is 6.21. The molecule has 1 aliphatic carbocycles. The third-order valence-electron chi connectivity index (χ3n) is 13.2. The van der Waals surface area contributed by atoms with Gasteiger partial charge in [0.2, 0.25) is 11.8 Å². The minimum Gasteiger partial charge on any atom is -0.483 e. The summed E-state index contributed by atoms with van der Waals surface area (Å²) in [5.74, 6) is -0.697. The molecule has 58 heavy (non-hydrogen) atoms. The summed E-state index contributed by atoms with van der Waals surface area (Å²) >= 11 is 0. The predicted octanol–water partition coefficient (Wildman–Crippen LogP) is 4.43. The number of nitrogens with one attached hydrogen (secondary N) is 2. The minimum absolute atomic E-state index is 0.0304. The van der Waals surface area contributed by atoms with Gasteiger partial charge in [0, 0.05) is 96.1 Å². The van der Waals surface area contributed by atoms with Gasteiger partial charge in [0.25, 0.3) is 11.8 Å². The highest BCUT2D eigenvalue weighted by Gasteiger charge is 2.42. The number of carbonyl (C=O) groups is 5. The Kier molecular flexibility index (Phi) is 9.35. The summed E-state index contributed by atoms with van der Waals surface area (Å²) in [6.07, 6.45) is 3.27. The topological polar surface area (TPSA) is 159 Å². The van der Waals surface area contributed by atoms with Crippen molar-refractivity contribution in [1.82, 2.24) is 25.0 Å². The number of aryl methyl sites for hydroxylation is 1. The molecule has 3 saturated heterocycles. The van der Waals surface area contributed by atoms with Crippen LogP contribution in [0.5, 0.6) is 5.75 Å². The molecule has 4 aromatic rings. The number of aromatic amines is 1. The second-order valence-corrected chi connectivity index (χ2v) is 16.7. The molecule has 9 rings (SSSR count). The van der Waals surface area contributed by atoms with E-state index < -0.39 is 17.4 Å². The van der Waals surface area contributed by atoms with Gasteiger partial charge in [0.15, 0.2) is 12.4 Å². The molecule has 0 saturated carbocycles. The molecule has 1 aromatic heterocycles. The van der Waals surface area contributed by atoms with Crippen LogP contribution < -0.4 is 15.0 Å². The molecule has 4 aliphatic heterocycles. The first-order valence-electron chi connectivity index (χ1n) is 20.4. The zero-order chi connectivity index (χ0) is 40.5. The second kappa shape index (κ2) is 14.4. The van der Waals surface area contributed by atoms with E-state index in [9.17, 15) is 29.2 Å². The predicted molar refractivity (Wildman–Crippen MR) is 216 cm³/mol. The van der Waals surface area contributed by atoms with E-state index in [0.29, 0.717) is 47.1 Å². The number of rotatable bonds is 7. The van der Waals surface area contributed by atoms with Gasteiger partial charge in [-0.25, -0.2) is 0 Å². The molecule has 298 valence electrons. The van der Waals surface area contributed by atoms with Crippen molar-refractivity contribution >= 4 is 46.0 Å². The number of nitriles is 1. The molecule has 0 radical (unpaired) electrons. The molecule has 3 aromatic carbocycles. The van der Waals surface area contributed by atoms with Crippen molar-refractivity contribution in [2.75, 3.05) is 50.8 Å². The Bertz CT molecular complexity index is 2450. The van der Waals surface area contributed by atoms with Crippen molar-refractivity contribution in [2.24, 2.45) is 0 Å². The number of amides is 4. The Morgan fingerprint density at radius 3 is 2.45 bits per heavy atom. The van der Waals surface area contributed by atoms with E-state index in [4.69, 9.17) is 4.74 Å². The number of H-pyrrole nitrogens is 1. The summed E-state index contributed by atoms with van der Waals surface area (Å²) in [6, 6.07) is 16.9. The first kappa shape index (κ1) is 37.6. The van der Waals surface area contributed by atoms with Crippen LogP contribution >= 0.6 is 0 Å². The number of ether oxygens (including phenoxy) is 1. The summed E-state index contributed by atoms with van der Waals surface area (Å²) in [5.41, 5.74) is 7.78. The highest BCUT2D eigenvalue weighted by molar-refractivity contribution is 6.20. The lowest BCUT2D eigenvalue weighted by atomic mass is 9.70. The van der Waals surface area contributed by atoms with E-state index >= 15 is 0 Å². The van der Waals surface area contributed by atoms with Crippen LogP contribution in [-0.2, 0) is 32.8 Å². The van der Waals surface area contributed by atoms with Crippen LogP contribution in [-0.4, -0.2) is 107 Å². The first-order valence-corrected chi connectivity index (χ1v) is 20.4. The second-order valence-electron chi connectivity index (χ2n) is 16.7. The molecule has 0 spiro atoms. The van der Waals surface area contributed by atoms with Crippen molar-refractivity contribution in [3.8, 4) is 11.8 Å². The number of benzene rings is 3. The Morgan fingerprint density at radius 2 is 1.72 bits per heavy atom. The number of hydrogen-bond acceptors (Lipinski definition) is 9. The zero-order valence-electron chi connectivity index (χ0n) is 33.2. The van der Waals surface area contributed by atoms with Crippen molar-refractivity contribution in [3.05, 3.63) is 93.2 Å². The molecule has 5 heterocycles. The summed E-state index contributed by atoms with van der Waals surface area (Å²) in [7, 11) is 0. The molecule has 0 bridgehead atoms. The number of nitrogens with zero attached hydrogens (tertiary/aromatic N) is 5. The summed E-state index contributed by atoms with van der Waals surface area (Å²) < 4.78 is 6.03. The molecule has 3 fully saturated rings. The van der Waals surface area contributed by atoms with Crippen molar-refractivity contribution in [1.29, 1.82) is 5.26 Å². The van der Waals surface area contributed by atoms with E-state index in [2.05, 4.69) is 59.1 Å². The van der Waals surface area contributed by atoms with Gasteiger partial charge >= 0.3 is 0 Å². The lowest BCUT2D eigenvalue weighted by Crippen LogP contribution is -2.55. The number of hydrogen-bond donors (Lipinski definition) is 2. The van der Waals surface area contributed by atoms with Crippen molar-refractivity contribution in [2.45, 2.75) is 76.9 Å². The largest absolute Gasteiger partial charge is 0.483 e. The maximum absolute atomic E-state index is 14.1. The van der Waals surface area contributed by atoms with Crippen LogP contribution in [0.4, 0.5) is 5.69 Å². The number of imide groups is 1. The van der Waals surface area contributed by atoms with Crippen molar-refractivity contribution in [3.63, 3.8) is 0 Å². The molecule has 4 amide bonds. The van der Waals surface area contributed by atoms with Crippen LogP contribution in [0.15, 0.2) is 48.5 Å². The van der Waals surface area contributed by atoms with Gasteiger partial charge in [0.05, 0.1) is 23.7 Å². The highest BCUT2D eigenvalue weighted by Crippen LogP contribution is 2.46. The number of fused-ring (bicyclic) bond motifs is 5. The van der Waals surface area contributed by atoms with Crippen LogP contribution in [0.25, 0.3) is 10.9 Å². The molecule has 13 nitrogen and oxygen atoms in total. The normalized spacial score (nSPS) is 20.8. The monoisotopic (exact) mass is 781 g/mol. The van der Waals surface area contributed by atoms with Crippen LogP contribution in [0.3, 0.4) is 0 Å². The quantitative estimate of drug-likeness (QED) is 0.259. The molecule has 5 aliphatic rings. The summed E-state index contributed by atoms with van der Waals surface area (Å²) in [4.78, 5) is 76.7. The highest BCUT2D eigenvalue weighted by atomic mass is 16.5. The molecular formula is C45H47N7O6. The fraction of sp³-hybridized carbons (Fsp3) is 0.422. The molecule has 1 unspecified atom stereocenters. The molecule has 2 N–H and O–H groups in total. The van der Waals surface area contributed by atoms with Crippen LogP contribution in [0.1, 0.15) is 101 Å². The van der Waals surface area contributed by atoms with Crippen molar-refractivity contribution < 1.29 is 28.7 Å². The average Bonchev–Trinajstić information content (AvgIpc) is 3.80. The Labute approximate surface area is 336 Å². The standard InChI is InChI=1S/C45H47N7O6/c1-4-27-21-31-33(45(2,3)42-40(41(31)55)30-9-8-26(23-46)20-34(30)47-42)22-36(27)50-14-12-28(13-15-50)49-16-18-51(19-17-49)39(54)25-58-37-7-5-6-29-32(37)24-52(44(29)57)35-10-11-38(53)48-43(35)56/h5-9,20-22,28,35,47H,4,10-19,24-25H2,1-3H3,(H,48,53,56). The number of piperidine rings is 2. The van der Waals surface area contributed by atoms with E-state index in [1.54, 1.807) is 24.3 Å². The zero-order valence-corrected chi connectivity index (χ0v) is 33.2. The third-order valence-corrected chi connectivity index (χ3v) is 13.2. The Morgan fingerprint density at radius 1 is 0.948 bits per heavy atom. The number of anilines is 1. The fourth-order valence-electron chi connectivity index (χ4n) is 9.89. The maximum Gasteiger partial charge on any atom is 0.260 e. The van der Waals surface area contributed by atoms with Crippen LogP contribution in [0, 0.1) is 11.3 Å².